The van der Waals surface area contributed by atoms with Crippen molar-refractivity contribution in [2.45, 2.75) is 110 Å². The molecule has 0 saturated carbocycles. The number of benzene rings is 3. The molecule has 1 heterocycles. The standard InChI is InChI=1S/C41H53NO4/c1-2-3-4-5-6-7-8-9-10-11-12-22-29-44-41-40(46-33-37-27-20-15-21-28-37)30-39(45-32-36-25-18-14-19-26-36)38(42-41)34-43-31-35-23-16-13-17-24-35/h13-21,23-28,30H,2-12,22,29,31-34H2,1H3/p+1. The largest absolute Gasteiger partial charge is 0.482 e. The first-order valence-corrected chi connectivity index (χ1v) is 17.5. The van der Waals surface area contributed by atoms with Crippen LogP contribution >= 0.6 is 0 Å². The van der Waals surface area contributed by atoms with Crippen molar-refractivity contribution in [3.05, 3.63) is 119 Å². The molecule has 0 aliphatic heterocycles. The normalized spacial score (nSPS) is 11.0. The summed E-state index contributed by atoms with van der Waals surface area (Å²) in [4.78, 5) is 3.49. The topological polar surface area (TPSA) is 51.1 Å². The Morgan fingerprint density at radius 1 is 0.457 bits per heavy atom. The van der Waals surface area contributed by atoms with E-state index in [0.29, 0.717) is 50.4 Å². The Morgan fingerprint density at radius 3 is 1.43 bits per heavy atom. The Morgan fingerprint density at radius 2 is 0.913 bits per heavy atom. The molecule has 0 saturated heterocycles. The summed E-state index contributed by atoms with van der Waals surface area (Å²) in [6.07, 6.45) is 15.7. The number of aromatic amines is 1. The van der Waals surface area contributed by atoms with E-state index in [0.717, 1.165) is 28.8 Å². The first-order chi connectivity index (χ1) is 22.8. The van der Waals surface area contributed by atoms with Crippen LogP contribution in [-0.2, 0) is 31.2 Å². The van der Waals surface area contributed by atoms with Crippen molar-refractivity contribution < 1.29 is 23.9 Å². The zero-order valence-electron chi connectivity index (χ0n) is 27.9. The van der Waals surface area contributed by atoms with E-state index in [-0.39, 0.29) is 0 Å². The fourth-order valence-electron chi connectivity index (χ4n) is 5.42. The summed E-state index contributed by atoms with van der Waals surface area (Å²) in [6, 6.07) is 32.5. The molecule has 0 aliphatic rings. The first kappa shape index (κ1) is 35.0. The van der Waals surface area contributed by atoms with Gasteiger partial charge < -0.3 is 18.9 Å². The van der Waals surface area contributed by atoms with Crippen molar-refractivity contribution in [2.24, 2.45) is 0 Å². The van der Waals surface area contributed by atoms with Crippen molar-refractivity contribution in [1.82, 2.24) is 0 Å². The molecule has 5 nitrogen and oxygen atoms in total. The van der Waals surface area contributed by atoms with Crippen molar-refractivity contribution >= 4 is 0 Å². The molecule has 5 heteroatoms. The molecule has 0 atom stereocenters. The second-order valence-electron chi connectivity index (χ2n) is 12.1. The quantitative estimate of drug-likeness (QED) is 0.0728. The highest BCUT2D eigenvalue weighted by Crippen LogP contribution is 2.31. The molecule has 4 aromatic rings. The van der Waals surface area contributed by atoms with Gasteiger partial charge in [-0.2, -0.15) is 4.98 Å². The molecule has 4 rings (SSSR count). The van der Waals surface area contributed by atoms with Crippen molar-refractivity contribution in [3.63, 3.8) is 0 Å². The van der Waals surface area contributed by atoms with Gasteiger partial charge in [0.2, 0.25) is 5.75 Å². The third-order valence-corrected chi connectivity index (χ3v) is 8.12. The molecular formula is C41H54NO4+. The minimum absolute atomic E-state index is 0.354. The second-order valence-corrected chi connectivity index (χ2v) is 12.1. The molecule has 46 heavy (non-hydrogen) atoms. The molecular weight excluding hydrogens is 570 g/mol. The number of nitrogens with one attached hydrogen (secondary N) is 1. The van der Waals surface area contributed by atoms with Crippen LogP contribution < -0.4 is 19.2 Å². The third kappa shape index (κ3) is 13.7. The van der Waals surface area contributed by atoms with Gasteiger partial charge in [0.05, 0.1) is 13.2 Å². The van der Waals surface area contributed by atoms with Crippen LogP contribution in [0.1, 0.15) is 106 Å². The summed E-state index contributed by atoms with van der Waals surface area (Å²) in [6.45, 7) is 4.65. The van der Waals surface area contributed by atoms with Gasteiger partial charge in [0.15, 0.2) is 5.75 Å². The monoisotopic (exact) mass is 624 g/mol. The Hall–Kier alpha value is -3.83. The predicted octanol–water partition coefficient (Wildman–Crippen LogP) is 10.5. The van der Waals surface area contributed by atoms with Crippen molar-refractivity contribution in [3.8, 4) is 17.4 Å². The van der Waals surface area contributed by atoms with Crippen LogP contribution in [0.25, 0.3) is 0 Å². The maximum absolute atomic E-state index is 6.35. The fraction of sp³-hybridized carbons (Fsp3) is 0.439. The Balaban J connectivity index is 1.36. The van der Waals surface area contributed by atoms with Crippen LogP contribution in [0.5, 0.6) is 17.4 Å². The second kappa shape index (κ2) is 21.8. The number of aromatic nitrogens is 1. The number of hydrogen-bond acceptors (Lipinski definition) is 4. The van der Waals surface area contributed by atoms with Crippen molar-refractivity contribution in [2.75, 3.05) is 6.61 Å². The summed E-state index contributed by atoms with van der Waals surface area (Å²) >= 11 is 0. The van der Waals surface area contributed by atoms with Crippen molar-refractivity contribution in [1.29, 1.82) is 0 Å². The summed E-state index contributed by atoms with van der Waals surface area (Å²) in [5.41, 5.74) is 4.14. The Labute approximate surface area is 277 Å². The summed E-state index contributed by atoms with van der Waals surface area (Å²) in [5, 5.41) is 0. The van der Waals surface area contributed by atoms with Gasteiger partial charge in [0, 0.05) is 6.07 Å². The van der Waals surface area contributed by atoms with Crippen LogP contribution in [-0.4, -0.2) is 6.61 Å². The summed E-state index contributed by atoms with van der Waals surface area (Å²) in [5.74, 6) is 1.94. The molecule has 0 fully saturated rings. The number of unbranched alkanes of at least 4 members (excludes halogenated alkanes) is 11. The van der Waals surface area contributed by atoms with Gasteiger partial charge in [-0.05, 0) is 23.1 Å². The molecule has 0 radical (unpaired) electrons. The van der Waals surface area contributed by atoms with Gasteiger partial charge in [-0.25, -0.2) is 0 Å². The Kier molecular flexibility index (Phi) is 16.6. The van der Waals surface area contributed by atoms with Crippen LogP contribution in [0.15, 0.2) is 97.1 Å². The lowest BCUT2D eigenvalue weighted by Gasteiger charge is -2.14. The summed E-state index contributed by atoms with van der Waals surface area (Å²) < 4.78 is 25.2. The number of H-pyrrole nitrogens is 1. The van der Waals surface area contributed by atoms with Crippen LogP contribution in [0, 0.1) is 0 Å². The Bertz CT molecular complexity index is 1330. The van der Waals surface area contributed by atoms with E-state index in [1.807, 2.05) is 60.7 Å². The van der Waals surface area contributed by atoms with E-state index >= 15 is 0 Å². The van der Waals surface area contributed by atoms with Gasteiger partial charge in [-0.15, -0.1) is 0 Å². The van der Waals surface area contributed by atoms with E-state index in [1.165, 1.54) is 70.6 Å². The van der Waals surface area contributed by atoms with E-state index in [1.54, 1.807) is 0 Å². The van der Waals surface area contributed by atoms with Gasteiger partial charge in [0.25, 0.3) is 5.69 Å². The molecule has 0 aliphatic carbocycles. The van der Waals surface area contributed by atoms with Crippen LogP contribution in [0.2, 0.25) is 0 Å². The number of pyridine rings is 1. The van der Waals surface area contributed by atoms with E-state index in [9.17, 15) is 0 Å². The smallest absolute Gasteiger partial charge is 0.410 e. The number of ether oxygens (including phenoxy) is 4. The zero-order chi connectivity index (χ0) is 31.9. The molecule has 0 unspecified atom stereocenters. The minimum atomic E-state index is 0.354. The fourth-order valence-corrected chi connectivity index (χ4v) is 5.42. The average molecular weight is 625 g/mol. The lowest BCUT2D eigenvalue weighted by molar-refractivity contribution is -0.413. The van der Waals surface area contributed by atoms with Crippen LogP contribution in [0.3, 0.4) is 0 Å². The van der Waals surface area contributed by atoms with Gasteiger partial charge in [0.1, 0.15) is 19.8 Å². The lowest BCUT2D eigenvalue weighted by atomic mass is 10.1. The van der Waals surface area contributed by atoms with Crippen LogP contribution in [0.4, 0.5) is 0 Å². The first-order valence-electron chi connectivity index (χ1n) is 17.5. The van der Waals surface area contributed by atoms with Gasteiger partial charge in [-0.3, -0.25) is 0 Å². The lowest BCUT2D eigenvalue weighted by Crippen LogP contribution is -2.20. The predicted molar refractivity (Wildman–Crippen MR) is 186 cm³/mol. The number of hydrogen-bond donors (Lipinski definition) is 0. The van der Waals surface area contributed by atoms with E-state index in [2.05, 4.69) is 48.3 Å². The zero-order valence-corrected chi connectivity index (χ0v) is 27.9. The van der Waals surface area contributed by atoms with Gasteiger partial charge in [-0.1, -0.05) is 169 Å². The molecule has 0 bridgehead atoms. The average Bonchev–Trinajstić information content (AvgIpc) is 3.10. The summed E-state index contributed by atoms with van der Waals surface area (Å²) in [7, 11) is 0. The third-order valence-electron chi connectivity index (χ3n) is 8.12. The van der Waals surface area contributed by atoms with E-state index in [4.69, 9.17) is 18.9 Å². The molecule has 246 valence electrons. The maximum Gasteiger partial charge on any atom is 0.410 e. The SMILES string of the molecule is CCCCCCCCCCCCCCOc1[nH+]c(COCc2ccccc2)c(OCc2ccccc2)cc1OCc1ccccc1. The van der Waals surface area contributed by atoms with E-state index < -0.39 is 0 Å². The number of rotatable bonds is 24. The maximum atomic E-state index is 6.35. The molecule has 3 aromatic carbocycles. The molecule has 0 spiro atoms. The molecule has 1 aromatic heterocycles. The highest BCUT2D eigenvalue weighted by atomic mass is 16.5. The molecule has 0 amide bonds. The molecule has 1 N–H and O–H groups in total. The van der Waals surface area contributed by atoms with Gasteiger partial charge >= 0.3 is 5.88 Å². The highest BCUT2D eigenvalue weighted by Gasteiger charge is 2.23. The highest BCUT2D eigenvalue weighted by molar-refractivity contribution is 5.39. The minimum Gasteiger partial charge on any atom is -0.482 e.